The lowest BCUT2D eigenvalue weighted by Crippen LogP contribution is -2.44. The van der Waals surface area contributed by atoms with Gasteiger partial charge in [-0.1, -0.05) is 13.8 Å². The molecule has 1 N–H and O–H groups in total. The predicted octanol–water partition coefficient (Wildman–Crippen LogP) is 3.90. The van der Waals surface area contributed by atoms with Crippen molar-refractivity contribution >= 4 is 15.9 Å². The van der Waals surface area contributed by atoms with Gasteiger partial charge in [0.25, 0.3) is 0 Å². The third-order valence-electron chi connectivity index (χ3n) is 3.35. The molecule has 1 atom stereocenters. The first-order valence-electron chi connectivity index (χ1n) is 6.19. The Kier molecular flexibility index (Phi) is 5.70. The molecule has 1 rings (SSSR count). The van der Waals surface area contributed by atoms with E-state index in [1.807, 2.05) is 20.0 Å². The summed E-state index contributed by atoms with van der Waals surface area (Å²) in [6, 6.07) is 1.98. The van der Waals surface area contributed by atoms with Crippen molar-refractivity contribution in [2.75, 3.05) is 13.7 Å². The number of furan rings is 1. The van der Waals surface area contributed by atoms with Crippen LogP contribution in [0, 0.1) is 0 Å². The molecule has 98 valence electrons. The Hall–Kier alpha value is -0.320. The van der Waals surface area contributed by atoms with Crippen LogP contribution in [0.25, 0.3) is 0 Å². The van der Waals surface area contributed by atoms with E-state index in [9.17, 15) is 0 Å². The van der Waals surface area contributed by atoms with Crippen LogP contribution >= 0.6 is 15.9 Å². The van der Waals surface area contributed by atoms with Crippen LogP contribution in [0.15, 0.2) is 21.2 Å². The minimum atomic E-state index is -0.218. The molecular formula is C13H22BrNO2. The van der Waals surface area contributed by atoms with E-state index in [0.29, 0.717) is 6.61 Å². The Balaban J connectivity index is 3.09. The molecule has 1 aromatic heterocycles. The van der Waals surface area contributed by atoms with E-state index >= 15 is 0 Å². The van der Waals surface area contributed by atoms with Gasteiger partial charge in [0.1, 0.15) is 5.76 Å². The van der Waals surface area contributed by atoms with E-state index in [0.717, 1.165) is 23.1 Å². The zero-order valence-corrected chi connectivity index (χ0v) is 12.6. The fourth-order valence-electron chi connectivity index (χ4n) is 2.38. The van der Waals surface area contributed by atoms with E-state index in [1.54, 1.807) is 6.26 Å². The molecule has 0 aliphatic heterocycles. The lowest BCUT2D eigenvalue weighted by molar-refractivity contribution is -0.0762. The molecule has 0 radical (unpaired) electrons. The van der Waals surface area contributed by atoms with Gasteiger partial charge in [0.2, 0.25) is 0 Å². The van der Waals surface area contributed by atoms with E-state index in [4.69, 9.17) is 9.15 Å². The van der Waals surface area contributed by atoms with Crippen LogP contribution in [0.2, 0.25) is 0 Å². The van der Waals surface area contributed by atoms with E-state index in [1.165, 1.54) is 0 Å². The van der Waals surface area contributed by atoms with Gasteiger partial charge < -0.3 is 14.5 Å². The lowest BCUT2D eigenvalue weighted by Gasteiger charge is -2.38. The average molecular weight is 304 g/mol. The van der Waals surface area contributed by atoms with Gasteiger partial charge in [-0.05, 0) is 48.8 Å². The summed E-state index contributed by atoms with van der Waals surface area (Å²) in [5, 5.41) is 3.32. The van der Waals surface area contributed by atoms with Crippen LogP contribution < -0.4 is 5.32 Å². The summed E-state index contributed by atoms with van der Waals surface area (Å²) in [4.78, 5) is 0. The minimum Gasteiger partial charge on any atom is -0.466 e. The molecule has 0 saturated carbocycles. The summed E-state index contributed by atoms with van der Waals surface area (Å²) in [7, 11) is 1.94. The highest BCUT2D eigenvalue weighted by molar-refractivity contribution is 9.10. The highest BCUT2D eigenvalue weighted by Gasteiger charge is 2.39. The van der Waals surface area contributed by atoms with E-state index in [2.05, 4.69) is 35.1 Å². The standard InChI is InChI=1S/C13H22BrNO2/c1-5-13(6-2,17-7-3)12(15-4)11-10(14)8-9-16-11/h8-9,12,15H,5-7H2,1-4H3. The fourth-order valence-corrected chi connectivity index (χ4v) is 2.81. The smallest absolute Gasteiger partial charge is 0.137 e. The van der Waals surface area contributed by atoms with Crippen molar-refractivity contribution in [3.8, 4) is 0 Å². The van der Waals surface area contributed by atoms with Gasteiger partial charge in [-0.3, -0.25) is 0 Å². The van der Waals surface area contributed by atoms with Crippen LogP contribution in [0.3, 0.4) is 0 Å². The fraction of sp³-hybridized carbons (Fsp3) is 0.692. The maximum atomic E-state index is 6.02. The van der Waals surface area contributed by atoms with Gasteiger partial charge in [0, 0.05) is 6.61 Å². The maximum Gasteiger partial charge on any atom is 0.137 e. The molecule has 0 aliphatic rings. The van der Waals surface area contributed by atoms with Crippen molar-refractivity contribution in [3.63, 3.8) is 0 Å². The van der Waals surface area contributed by atoms with Crippen molar-refractivity contribution in [2.45, 2.75) is 45.3 Å². The van der Waals surface area contributed by atoms with Crippen LogP contribution in [0.1, 0.15) is 45.4 Å². The molecule has 1 aromatic rings. The highest BCUT2D eigenvalue weighted by atomic mass is 79.9. The Bertz CT molecular complexity index is 334. The number of rotatable bonds is 7. The van der Waals surface area contributed by atoms with Crippen molar-refractivity contribution in [1.82, 2.24) is 5.32 Å². The molecule has 1 heterocycles. The van der Waals surface area contributed by atoms with Crippen molar-refractivity contribution in [2.24, 2.45) is 0 Å². The Labute approximate surface area is 112 Å². The molecular weight excluding hydrogens is 282 g/mol. The molecule has 0 aromatic carbocycles. The van der Waals surface area contributed by atoms with Gasteiger partial charge in [-0.2, -0.15) is 0 Å². The first kappa shape index (κ1) is 14.7. The second-order valence-electron chi connectivity index (χ2n) is 4.06. The predicted molar refractivity (Wildman–Crippen MR) is 73.1 cm³/mol. The first-order chi connectivity index (χ1) is 8.15. The Morgan fingerprint density at radius 1 is 1.41 bits per heavy atom. The van der Waals surface area contributed by atoms with Crippen molar-refractivity contribution in [3.05, 3.63) is 22.6 Å². The Morgan fingerprint density at radius 2 is 2.06 bits per heavy atom. The van der Waals surface area contributed by atoms with Gasteiger partial charge in [-0.25, -0.2) is 0 Å². The van der Waals surface area contributed by atoms with Gasteiger partial charge in [0.15, 0.2) is 0 Å². The third kappa shape index (κ3) is 2.92. The molecule has 17 heavy (non-hydrogen) atoms. The second-order valence-corrected chi connectivity index (χ2v) is 4.91. The summed E-state index contributed by atoms with van der Waals surface area (Å²) < 4.78 is 12.6. The van der Waals surface area contributed by atoms with Crippen LogP contribution in [-0.2, 0) is 4.74 Å². The van der Waals surface area contributed by atoms with Crippen LogP contribution in [0.5, 0.6) is 0 Å². The molecule has 0 fully saturated rings. The molecule has 1 unspecified atom stereocenters. The largest absolute Gasteiger partial charge is 0.466 e. The Morgan fingerprint density at radius 3 is 2.41 bits per heavy atom. The molecule has 0 amide bonds. The number of likely N-dealkylation sites (N-methyl/N-ethyl adjacent to an activating group) is 1. The van der Waals surface area contributed by atoms with Crippen molar-refractivity contribution in [1.29, 1.82) is 0 Å². The van der Waals surface area contributed by atoms with E-state index < -0.39 is 0 Å². The topological polar surface area (TPSA) is 34.4 Å². The maximum absolute atomic E-state index is 6.02. The average Bonchev–Trinajstić information content (AvgIpc) is 2.75. The van der Waals surface area contributed by atoms with Gasteiger partial charge >= 0.3 is 0 Å². The molecule has 0 bridgehead atoms. The molecule has 0 spiro atoms. The third-order valence-corrected chi connectivity index (χ3v) is 4.01. The molecule has 0 aliphatic carbocycles. The summed E-state index contributed by atoms with van der Waals surface area (Å²) in [6.07, 6.45) is 3.58. The normalized spacial score (nSPS) is 13.9. The van der Waals surface area contributed by atoms with Crippen molar-refractivity contribution < 1.29 is 9.15 Å². The number of hydrogen-bond acceptors (Lipinski definition) is 3. The summed E-state index contributed by atoms with van der Waals surface area (Å²) in [5.74, 6) is 0.907. The van der Waals surface area contributed by atoms with Gasteiger partial charge in [0.05, 0.1) is 22.4 Å². The van der Waals surface area contributed by atoms with E-state index in [-0.39, 0.29) is 11.6 Å². The van der Waals surface area contributed by atoms with Crippen LogP contribution in [0.4, 0.5) is 0 Å². The number of hydrogen-bond donors (Lipinski definition) is 1. The molecule has 3 nitrogen and oxygen atoms in total. The zero-order valence-electron chi connectivity index (χ0n) is 11.0. The van der Waals surface area contributed by atoms with Crippen LogP contribution in [-0.4, -0.2) is 19.3 Å². The first-order valence-corrected chi connectivity index (χ1v) is 6.98. The SMILES string of the molecule is CCOC(CC)(CC)C(NC)c1occc1Br. The molecule has 4 heteroatoms. The summed E-state index contributed by atoms with van der Waals surface area (Å²) in [5.41, 5.74) is -0.218. The zero-order chi connectivity index (χ0) is 12.9. The monoisotopic (exact) mass is 303 g/mol. The van der Waals surface area contributed by atoms with Gasteiger partial charge in [-0.15, -0.1) is 0 Å². The molecule has 0 saturated heterocycles. The summed E-state index contributed by atoms with van der Waals surface area (Å²) >= 11 is 3.52. The quantitative estimate of drug-likeness (QED) is 0.829. The second kappa shape index (κ2) is 6.57. The number of nitrogens with one attached hydrogen (secondary N) is 1. The minimum absolute atomic E-state index is 0.0572. The number of halogens is 1. The summed E-state index contributed by atoms with van der Waals surface area (Å²) in [6.45, 7) is 7.04. The highest BCUT2D eigenvalue weighted by Crippen LogP contribution is 2.38. The lowest BCUT2D eigenvalue weighted by atomic mass is 9.86. The number of ether oxygens (including phenoxy) is 1.